The first-order chi connectivity index (χ1) is 16.1. The first-order valence-corrected chi connectivity index (χ1v) is 11.6. The van der Waals surface area contributed by atoms with Crippen molar-refractivity contribution >= 4 is 40.1 Å². The minimum absolute atomic E-state index is 0.213. The summed E-state index contributed by atoms with van der Waals surface area (Å²) in [6.45, 7) is 0.278. The molecule has 168 valence electrons. The third-order valence-corrected chi connectivity index (χ3v) is 6.57. The minimum Gasteiger partial charge on any atom is -0.404 e. The van der Waals surface area contributed by atoms with Crippen LogP contribution in [0.4, 0.5) is 5.13 Å². The van der Waals surface area contributed by atoms with Crippen LogP contribution < -0.4 is 16.4 Å². The Hall–Kier alpha value is -3.78. The Morgan fingerprint density at radius 2 is 1.76 bits per heavy atom. The second-order valence-corrected chi connectivity index (χ2v) is 8.86. The molecular formula is C25H25N5O2S. The predicted molar refractivity (Wildman–Crippen MR) is 132 cm³/mol. The second kappa shape index (κ2) is 10.2. The van der Waals surface area contributed by atoms with E-state index in [9.17, 15) is 9.59 Å². The van der Waals surface area contributed by atoms with Crippen molar-refractivity contribution in [1.29, 1.82) is 5.41 Å². The number of allylic oxidation sites excluding steroid dienone is 1. The van der Waals surface area contributed by atoms with Gasteiger partial charge in [-0.2, -0.15) is 0 Å². The van der Waals surface area contributed by atoms with Gasteiger partial charge in [0, 0.05) is 40.5 Å². The van der Waals surface area contributed by atoms with E-state index < -0.39 is 0 Å². The summed E-state index contributed by atoms with van der Waals surface area (Å²) in [6, 6.07) is 14.1. The average molecular weight is 460 g/mol. The maximum Gasteiger partial charge on any atom is 0.257 e. The quantitative estimate of drug-likeness (QED) is 0.397. The first kappa shape index (κ1) is 22.4. The van der Waals surface area contributed by atoms with Gasteiger partial charge in [0.2, 0.25) is 0 Å². The maximum atomic E-state index is 12.7. The number of nitrogens with two attached hydrogens (primary N) is 1. The number of amides is 2. The lowest BCUT2D eigenvalue weighted by Gasteiger charge is -2.09. The van der Waals surface area contributed by atoms with E-state index >= 15 is 0 Å². The molecule has 0 fully saturated rings. The van der Waals surface area contributed by atoms with Crippen LogP contribution in [0, 0.1) is 5.41 Å². The first-order valence-electron chi connectivity index (χ1n) is 10.8. The molecule has 8 heteroatoms. The Bertz CT molecular complexity index is 1210. The zero-order valence-electron chi connectivity index (χ0n) is 18.1. The van der Waals surface area contributed by atoms with Crippen molar-refractivity contribution in [3.8, 4) is 0 Å². The van der Waals surface area contributed by atoms with Crippen LogP contribution in [-0.4, -0.2) is 23.0 Å². The van der Waals surface area contributed by atoms with Crippen molar-refractivity contribution in [1.82, 2.24) is 10.3 Å². The average Bonchev–Trinajstić information content (AvgIpc) is 3.26. The van der Waals surface area contributed by atoms with Crippen LogP contribution in [-0.2, 0) is 19.4 Å². The van der Waals surface area contributed by atoms with E-state index in [0.717, 1.165) is 36.7 Å². The minimum atomic E-state index is -0.249. The van der Waals surface area contributed by atoms with Crippen molar-refractivity contribution in [2.45, 2.75) is 32.2 Å². The maximum absolute atomic E-state index is 12.7. The third kappa shape index (κ3) is 5.35. The van der Waals surface area contributed by atoms with Gasteiger partial charge in [0.05, 0.1) is 5.69 Å². The highest BCUT2D eigenvalue weighted by Gasteiger charge is 2.17. The standard InChI is InChI=1S/C25H25N5O2S/c26-13-20(14-27)17-6-4-8-19(12-17)23(31)28-15-16-5-3-7-18(11-16)24(32)30-25-29-21-9-1-2-10-22(21)33-25/h3-8,11-14,26H,1-2,9-10,15,27H2,(H,28,31)(H,29,30,32). The van der Waals surface area contributed by atoms with E-state index in [0.29, 0.717) is 27.4 Å². The third-order valence-electron chi connectivity index (χ3n) is 5.50. The van der Waals surface area contributed by atoms with Crippen LogP contribution in [0.5, 0.6) is 0 Å². The fraction of sp³-hybridized carbons (Fsp3) is 0.200. The van der Waals surface area contributed by atoms with Crippen LogP contribution >= 0.6 is 11.3 Å². The summed E-state index contributed by atoms with van der Waals surface area (Å²) in [5.74, 6) is -0.462. The van der Waals surface area contributed by atoms with Crippen molar-refractivity contribution in [2.24, 2.45) is 5.73 Å². The second-order valence-electron chi connectivity index (χ2n) is 7.78. The van der Waals surface area contributed by atoms with Gasteiger partial charge in [0.1, 0.15) is 0 Å². The highest BCUT2D eigenvalue weighted by atomic mass is 32.1. The molecule has 1 aromatic heterocycles. The highest BCUT2D eigenvalue weighted by Crippen LogP contribution is 2.29. The zero-order chi connectivity index (χ0) is 23.2. The van der Waals surface area contributed by atoms with Crippen LogP contribution in [0.3, 0.4) is 0 Å². The Kier molecular flexibility index (Phi) is 6.95. The number of carbonyl (C=O) groups is 2. The van der Waals surface area contributed by atoms with Gasteiger partial charge in [0.25, 0.3) is 11.8 Å². The summed E-state index contributed by atoms with van der Waals surface area (Å²) < 4.78 is 0. The molecule has 3 aromatic rings. The molecule has 0 bridgehead atoms. The summed E-state index contributed by atoms with van der Waals surface area (Å²) in [5, 5.41) is 13.8. The molecule has 1 aliphatic rings. The topological polar surface area (TPSA) is 121 Å². The molecule has 1 heterocycles. The molecule has 0 atom stereocenters. The number of aromatic nitrogens is 1. The van der Waals surface area contributed by atoms with Gasteiger partial charge in [-0.25, -0.2) is 4.98 Å². The van der Waals surface area contributed by atoms with Gasteiger partial charge >= 0.3 is 0 Å². The Morgan fingerprint density at radius 1 is 1.03 bits per heavy atom. The monoisotopic (exact) mass is 459 g/mol. The molecular weight excluding hydrogens is 434 g/mol. The van der Waals surface area contributed by atoms with Gasteiger partial charge in [-0.1, -0.05) is 24.3 Å². The number of benzene rings is 2. The number of rotatable bonds is 7. The Morgan fingerprint density at radius 3 is 2.52 bits per heavy atom. The molecule has 0 aliphatic heterocycles. The smallest absolute Gasteiger partial charge is 0.257 e. The fourth-order valence-electron chi connectivity index (χ4n) is 3.75. The number of hydrogen-bond acceptors (Lipinski definition) is 6. The summed E-state index contributed by atoms with van der Waals surface area (Å²) in [7, 11) is 0. The van der Waals surface area contributed by atoms with Crippen LogP contribution in [0.2, 0.25) is 0 Å². The molecule has 0 saturated heterocycles. The molecule has 0 radical (unpaired) electrons. The molecule has 7 nitrogen and oxygen atoms in total. The van der Waals surface area contributed by atoms with Gasteiger partial charge in [-0.15, -0.1) is 11.3 Å². The SMILES string of the molecule is N=CC(=CN)c1cccc(C(=O)NCc2cccc(C(=O)Nc3nc4c(s3)CCCC4)c2)c1. The zero-order valence-corrected chi connectivity index (χ0v) is 18.9. The number of fused-ring (bicyclic) bond motifs is 1. The summed E-state index contributed by atoms with van der Waals surface area (Å²) in [6.07, 6.45) is 6.82. The number of aryl methyl sites for hydroxylation is 2. The number of thiazole rings is 1. The molecule has 2 aromatic carbocycles. The predicted octanol–water partition coefficient (Wildman–Crippen LogP) is 4.15. The van der Waals surface area contributed by atoms with E-state index in [-0.39, 0.29) is 18.4 Å². The largest absolute Gasteiger partial charge is 0.404 e. The van der Waals surface area contributed by atoms with Gasteiger partial charge in [-0.3, -0.25) is 14.9 Å². The molecule has 5 N–H and O–H groups in total. The number of hydrogen-bond donors (Lipinski definition) is 4. The van der Waals surface area contributed by atoms with E-state index in [4.69, 9.17) is 11.1 Å². The fourth-order valence-corrected chi connectivity index (χ4v) is 4.79. The molecule has 2 amide bonds. The Balaban J connectivity index is 1.39. The molecule has 0 spiro atoms. The lowest BCUT2D eigenvalue weighted by Crippen LogP contribution is -2.23. The highest BCUT2D eigenvalue weighted by molar-refractivity contribution is 7.15. The molecule has 4 rings (SSSR count). The van der Waals surface area contributed by atoms with Crippen molar-refractivity contribution < 1.29 is 9.59 Å². The summed E-state index contributed by atoms with van der Waals surface area (Å²) in [4.78, 5) is 31.2. The van der Waals surface area contributed by atoms with Crippen LogP contribution in [0.1, 0.15) is 55.3 Å². The Labute approximate surface area is 196 Å². The summed E-state index contributed by atoms with van der Waals surface area (Å²) in [5.41, 5.74) is 9.67. The van der Waals surface area contributed by atoms with E-state index in [2.05, 4.69) is 15.6 Å². The summed E-state index contributed by atoms with van der Waals surface area (Å²) >= 11 is 1.55. The van der Waals surface area contributed by atoms with E-state index in [1.165, 1.54) is 17.5 Å². The van der Waals surface area contributed by atoms with Gasteiger partial charge < -0.3 is 16.5 Å². The van der Waals surface area contributed by atoms with Gasteiger partial charge in [-0.05, 0) is 61.1 Å². The number of carbonyl (C=O) groups excluding carboxylic acids is 2. The lowest BCUT2D eigenvalue weighted by molar-refractivity contribution is 0.0950. The van der Waals surface area contributed by atoms with E-state index in [1.54, 1.807) is 53.8 Å². The van der Waals surface area contributed by atoms with Crippen molar-refractivity contribution in [3.05, 3.63) is 87.6 Å². The molecule has 1 aliphatic carbocycles. The van der Waals surface area contributed by atoms with Crippen molar-refractivity contribution in [2.75, 3.05) is 5.32 Å². The normalized spacial score (nSPS) is 13.2. The molecule has 0 unspecified atom stereocenters. The number of nitrogens with zero attached hydrogens (tertiary/aromatic N) is 1. The van der Waals surface area contributed by atoms with Crippen LogP contribution in [0.25, 0.3) is 5.57 Å². The molecule has 0 saturated carbocycles. The lowest BCUT2D eigenvalue weighted by atomic mass is 10.0. The molecule has 33 heavy (non-hydrogen) atoms. The van der Waals surface area contributed by atoms with Crippen LogP contribution in [0.15, 0.2) is 54.7 Å². The number of nitrogens with one attached hydrogen (secondary N) is 3. The van der Waals surface area contributed by atoms with E-state index in [1.807, 2.05) is 6.07 Å². The van der Waals surface area contributed by atoms with Crippen molar-refractivity contribution in [3.63, 3.8) is 0 Å². The number of anilines is 1. The van der Waals surface area contributed by atoms with Gasteiger partial charge in [0.15, 0.2) is 5.13 Å².